The van der Waals surface area contributed by atoms with Gasteiger partial charge < -0.3 is 19.6 Å². The Hall–Kier alpha value is -2.82. The van der Waals surface area contributed by atoms with Gasteiger partial charge in [0.1, 0.15) is 11.3 Å². The van der Waals surface area contributed by atoms with Gasteiger partial charge >= 0.3 is 0 Å². The maximum atomic E-state index is 13.3. The Balaban J connectivity index is 1.32. The Kier molecular flexibility index (Phi) is 8.15. The van der Waals surface area contributed by atoms with Crippen molar-refractivity contribution in [3.05, 3.63) is 52.4 Å². The second-order valence-electron chi connectivity index (χ2n) is 10.8. The lowest BCUT2D eigenvalue weighted by Gasteiger charge is -2.26. The summed E-state index contributed by atoms with van der Waals surface area (Å²) in [7, 11) is -6.90. The summed E-state index contributed by atoms with van der Waals surface area (Å²) < 4.78 is 62.5. The third-order valence-corrected chi connectivity index (χ3v) is 12.4. The molecule has 6 rings (SSSR count). The summed E-state index contributed by atoms with van der Waals surface area (Å²) in [5, 5.41) is 3.50. The summed E-state index contributed by atoms with van der Waals surface area (Å²) in [4.78, 5) is 13.0. The third kappa shape index (κ3) is 5.62. The molecule has 0 unspecified atom stereocenters. The van der Waals surface area contributed by atoms with E-state index in [4.69, 9.17) is 9.72 Å². The van der Waals surface area contributed by atoms with Crippen LogP contribution in [0.4, 0.5) is 5.69 Å². The Labute approximate surface area is 259 Å². The molecule has 3 aromatic heterocycles. The fourth-order valence-corrected chi connectivity index (χ4v) is 8.81. The number of fused-ring (bicyclic) bond motifs is 1. The fourth-order valence-electron chi connectivity index (χ4n) is 5.80. The highest BCUT2D eigenvalue weighted by molar-refractivity contribution is 9.10. The fraction of sp³-hybridized carbons (Fsp3) is 0.429. The molecule has 2 aliphatic rings. The van der Waals surface area contributed by atoms with Crippen molar-refractivity contribution in [2.24, 2.45) is 0 Å². The molecule has 2 saturated heterocycles. The largest absolute Gasteiger partial charge is 0.379 e. The number of H-pyrrole nitrogens is 1. The topological polar surface area (TPSA) is 143 Å². The molecule has 0 saturated carbocycles. The van der Waals surface area contributed by atoms with Gasteiger partial charge in [-0.3, -0.25) is 0 Å². The first-order valence-corrected chi connectivity index (χ1v) is 18.0. The average Bonchev–Trinajstić information content (AvgIpc) is 3.72. The van der Waals surface area contributed by atoms with Crippen LogP contribution < -0.4 is 5.32 Å². The Morgan fingerprint density at radius 2 is 1.86 bits per heavy atom. The van der Waals surface area contributed by atoms with Gasteiger partial charge in [-0.15, -0.1) is 0 Å². The number of nitrogens with one attached hydrogen (secondary N) is 2. The van der Waals surface area contributed by atoms with Gasteiger partial charge in [-0.1, -0.05) is 6.07 Å². The first kappa shape index (κ1) is 30.2. The van der Waals surface area contributed by atoms with Crippen LogP contribution in [-0.4, -0.2) is 96.2 Å². The standard InChI is InChI=1S/C28H34BrN7O5S2/c1-4-42(37,38)35-9-8-20(17-35)31-25-24(29)16-30-28-26(25)32-27(33-28)23-14-18(2)36(19(23)3)21-6-5-7-22(15-21)43(39,40)34-10-12-41-13-11-34/h5-7,14-16,20H,4,8-13,17H2,1-3H3,(H2,30,31,32,33)/t20-/m0/s1. The molecular formula is C28H34BrN7O5S2. The predicted octanol–water partition coefficient (Wildman–Crippen LogP) is 3.65. The van der Waals surface area contributed by atoms with E-state index in [0.29, 0.717) is 62.8 Å². The van der Waals surface area contributed by atoms with E-state index >= 15 is 0 Å². The second kappa shape index (κ2) is 11.6. The molecule has 2 fully saturated rings. The van der Waals surface area contributed by atoms with Crippen LogP contribution >= 0.6 is 15.9 Å². The molecule has 15 heteroatoms. The number of morpholine rings is 1. The number of aryl methyl sites for hydroxylation is 1. The van der Waals surface area contributed by atoms with Crippen LogP contribution in [-0.2, 0) is 24.8 Å². The maximum absolute atomic E-state index is 13.3. The molecule has 12 nitrogen and oxygen atoms in total. The lowest BCUT2D eigenvalue weighted by Crippen LogP contribution is -2.40. The molecule has 1 atom stereocenters. The molecule has 5 heterocycles. The second-order valence-corrected chi connectivity index (χ2v) is 15.8. The van der Waals surface area contributed by atoms with Crippen LogP contribution in [0.15, 0.2) is 45.9 Å². The third-order valence-electron chi connectivity index (χ3n) is 8.09. The molecule has 43 heavy (non-hydrogen) atoms. The van der Waals surface area contributed by atoms with Crippen LogP contribution in [0.3, 0.4) is 0 Å². The summed E-state index contributed by atoms with van der Waals surface area (Å²) in [6, 6.07) is 8.94. The van der Waals surface area contributed by atoms with Gasteiger partial charge in [-0.2, -0.15) is 8.61 Å². The molecule has 0 radical (unpaired) electrons. The molecular weight excluding hydrogens is 658 g/mol. The zero-order valence-electron chi connectivity index (χ0n) is 24.2. The van der Waals surface area contributed by atoms with Crippen LogP contribution in [0.5, 0.6) is 0 Å². The minimum atomic E-state index is -3.65. The highest BCUT2D eigenvalue weighted by Crippen LogP contribution is 2.35. The van der Waals surface area contributed by atoms with E-state index in [2.05, 4.69) is 31.2 Å². The maximum Gasteiger partial charge on any atom is 0.243 e. The van der Waals surface area contributed by atoms with Crippen molar-refractivity contribution in [3.8, 4) is 17.1 Å². The summed E-state index contributed by atoms with van der Waals surface area (Å²) in [6.45, 7) is 7.92. The van der Waals surface area contributed by atoms with Crippen molar-refractivity contribution in [1.29, 1.82) is 0 Å². The lowest BCUT2D eigenvalue weighted by atomic mass is 10.2. The van der Waals surface area contributed by atoms with Crippen molar-refractivity contribution >= 4 is 52.8 Å². The number of aromatic amines is 1. The summed E-state index contributed by atoms with van der Waals surface area (Å²) >= 11 is 3.60. The number of ether oxygens (including phenoxy) is 1. The minimum absolute atomic E-state index is 0.0607. The van der Waals surface area contributed by atoms with Crippen molar-refractivity contribution in [3.63, 3.8) is 0 Å². The Bertz CT molecular complexity index is 1900. The van der Waals surface area contributed by atoms with E-state index in [1.165, 1.54) is 8.61 Å². The SMILES string of the molecule is CCS(=O)(=O)N1CC[C@H](Nc2c(Br)cnc3[nH]c(-c4cc(C)n(-c5cccc(S(=O)(=O)N6CCOCC6)c5)c4C)nc23)C1. The van der Waals surface area contributed by atoms with Gasteiger partial charge in [0.05, 0.1) is 34.0 Å². The van der Waals surface area contributed by atoms with Crippen LogP contribution in [0.25, 0.3) is 28.2 Å². The van der Waals surface area contributed by atoms with Crippen molar-refractivity contribution in [2.75, 3.05) is 50.5 Å². The molecule has 2 N–H and O–H groups in total. The first-order chi connectivity index (χ1) is 20.5. The van der Waals surface area contributed by atoms with E-state index < -0.39 is 20.0 Å². The van der Waals surface area contributed by atoms with Gasteiger partial charge in [-0.05, 0) is 67.4 Å². The van der Waals surface area contributed by atoms with Crippen LogP contribution in [0, 0.1) is 13.8 Å². The van der Waals surface area contributed by atoms with E-state index in [1.54, 1.807) is 31.3 Å². The zero-order chi connectivity index (χ0) is 30.5. The van der Waals surface area contributed by atoms with Gasteiger partial charge in [0.15, 0.2) is 5.65 Å². The number of hydrogen-bond donors (Lipinski definition) is 2. The smallest absolute Gasteiger partial charge is 0.243 e. The number of rotatable bonds is 8. The molecule has 1 aromatic carbocycles. The number of hydrogen-bond acceptors (Lipinski definition) is 8. The number of sulfonamides is 2. The summed E-state index contributed by atoms with van der Waals surface area (Å²) in [6.07, 6.45) is 2.39. The van der Waals surface area contributed by atoms with Gasteiger partial charge in [0, 0.05) is 61.1 Å². The van der Waals surface area contributed by atoms with Gasteiger partial charge in [-0.25, -0.2) is 26.8 Å². The number of anilines is 1. The van der Waals surface area contributed by atoms with Crippen molar-refractivity contribution in [1.82, 2.24) is 28.1 Å². The summed E-state index contributed by atoms with van der Waals surface area (Å²) in [5.74, 6) is 0.708. The van der Waals surface area contributed by atoms with Crippen molar-refractivity contribution < 1.29 is 21.6 Å². The average molecular weight is 693 g/mol. The number of aromatic nitrogens is 4. The lowest BCUT2D eigenvalue weighted by molar-refractivity contribution is 0.0730. The quantitative estimate of drug-likeness (QED) is 0.285. The number of benzene rings is 1. The summed E-state index contributed by atoms with van der Waals surface area (Å²) in [5.41, 5.74) is 5.41. The Morgan fingerprint density at radius 3 is 2.60 bits per heavy atom. The predicted molar refractivity (Wildman–Crippen MR) is 168 cm³/mol. The molecule has 0 bridgehead atoms. The molecule has 0 spiro atoms. The van der Waals surface area contributed by atoms with Crippen LogP contribution in [0.2, 0.25) is 0 Å². The number of halogens is 1. The van der Waals surface area contributed by atoms with Crippen molar-refractivity contribution in [2.45, 2.75) is 38.1 Å². The number of nitrogens with zero attached hydrogens (tertiary/aromatic N) is 5. The minimum Gasteiger partial charge on any atom is -0.379 e. The Morgan fingerprint density at radius 1 is 1.09 bits per heavy atom. The number of imidazole rings is 1. The molecule has 0 aliphatic carbocycles. The van der Waals surface area contributed by atoms with Gasteiger partial charge in [0.2, 0.25) is 20.0 Å². The van der Waals surface area contributed by atoms with E-state index in [9.17, 15) is 16.8 Å². The zero-order valence-corrected chi connectivity index (χ0v) is 27.4. The number of pyridine rings is 1. The first-order valence-electron chi connectivity index (χ1n) is 14.2. The van der Waals surface area contributed by atoms with E-state index in [0.717, 1.165) is 32.8 Å². The van der Waals surface area contributed by atoms with Gasteiger partial charge in [0.25, 0.3) is 0 Å². The molecule has 0 amide bonds. The molecule has 4 aromatic rings. The highest BCUT2D eigenvalue weighted by atomic mass is 79.9. The monoisotopic (exact) mass is 691 g/mol. The normalized spacial score (nSPS) is 18.9. The van der Waals surface area contributed by atoms with E-state index in [-0.39, 0.29) is 16.7 Å². The van der Waals surface area contributed by atoms with E-state index in [1.807, 2.05) is 30.5 Å². The molecule has 230 valence electrons. The molecule has 2 aliphatic heterocycles. The van der Waals surface area contributed by atoms with Crippen LogP contribution in [0.1, 0.15) is 24.7 Å². The highest BCUT2D eigenvalue weighted by Gasteiger charge is 2.31.